The molecule has 0 spiro atoms. The van der Waals surface area contributed by atoms with Crippen LogP contribution in [0.5, 0.6) is 0 Å². The van der Waals surface area contributed by atoms with E-state index in [0.29, 0.717) is 11.5 Å². The molecule has 1 N–H and O–H groups in total. The van der Waals surface area contributed by atoms with E-state index in [-0.39, 0.29) is 24.2 Å². The van der Waals surface area contributed by atoms with Gasteiger partial charge in [0, 0.05) is 18.9 Å². The first kappa shape index (κ1) is 16.9. The lowest BCUT2D eigenvalue weighted by molar-refractivity contribution is -0.119. The van der Waals surface area contributed by atoms with Gasteiger partial charge in [0.2, 0.25) is 5.91 Å². The number of nitrogens with one attached hydrogen (secondary N) is 1. The van der Waals surface area contributed by atoms with Gasteiger partial charge in [-0.2, -0.15) is 0 Å². The number of carbonyl (C=O) groups is 2. The molecule has 23 heavy (non-hydrogen) atoms. The Hall–Kier alpha value is -2.42. The molecule has 0 bridgehead atoms. The van der Waals surface area contributed by atoms with Crippen LogP contribution in [0.2, 0.25) is 0 Å². The van der Waals surface area contributed by atoms with E-state index in [4.69, 9.17) is 0 Å². The van der Waals surface area contributed by atoms with Crippen LogP contribution in [0.15, 0.2) is 54.6 Å². The highest BCUT2D eigenvalue weighted by atomic mass is 16.1. The molecule has 1 atom stereocenters. The van der Waals surface area contributed by atoms with Gasteiger partial charge < -0.3 is 5.32 Å². The quantitative estimate of drug-likeness (QED) is 0.810. The highest BCUT2D eigenvalue weighted by Crippen LogP contribution is 2.23. The van der Waals surface area contributed by atoms with Crippen molar-refractivity contribution in [2.45, 2.75) is 39.2 Å². The molecule has 2 aromatic carbocycles. The molecule has 0 saturated heterocycles. The lowest BCUT2D eigenvalue weighted by atomic mass is 9.94. The van der Waals surface area contributed by atoms with Crippen LogP contribution in [-0.4, -0.2) is 11.7 Å². The largest absolute Gasteiger partial charge is 0.349 e. The van der Waals surface area contributed by atoms with Crippen molar-refractivity contribution in [3.05, 3.63) is 71.3 Å². The predicted molar refractivity (Wildman–Crippen MR) is 92.5 cm³/mol. The summed E-state index contributed by atoms with van der Waals surface area (Å²) in [5.74, 6) is 0.294. The van der Waals surface area contributed by atoms with Crippen molar-refractivity contribution in [1.82, 2.24) is 5.32 Å². The molecule has 0 aromatic heterocycles. The molecule has 2 aromatic rings. The maximum absolute atomic E-state index is 12.5. The van der Waals surface area contributed by atoms with E-state index in [1.165, 1.54) is 12.5 Å². The number of carbonyl (C=O) groups excluding carboxylic acids is 2. The number of ketones is 1. The Morgan fingerprint density at radius 3 is 2.22 bits per heavy atom. The third-order valence-corrected chi connectivity index (χ3v) is 3.84. The van der Waals surface area contributed by atoms with E-state index in [0.717, 1.165) is 5.56 Å². The molecular weight excluding hydrogens is 286 g/mol. The number of amides is 1. The first-order chi connectivity index (χ1) is 11.0. The highest BCUT2D eigenvalue weighted by Gasteiger charge is 2.18. The Morgan fingerprint density at radius 2 is 1.61 bits per heavy atom. The third kappa shape index (κ3) is 4.78. The molecule has 3 heteroatoms. The minimum atomic E-state index is -0.307. The van der Waals surface area contributed by atoms with Gasteiger partial charge in [-0.3, -0.25) is 9.59 Å². The van der Waals surface area contributed by atoms with Crippen molar-refractivity contribution in [2.75, 3.05) is 0 Å². The van der Waals surface area contributed by atoms with Gasteiger partial charge in [0.1, 0.15) is 0 Å². The number of benzene rings is 2. The Morgan fingerprint density at radius 1 is 0.957 bits per heavy atom. The first-order valence-corrected chi connectivity index (χ1v) is 7.92. The van der Waals surface area contributed by atoms with Crippen LogP contribution in [0.3, 0.4) is 0 Å². The lowest BCUT2D eigenvalue weighted by Crippen LogP contribution is -2.28. The van der Waals surface area contributed by atoms with E-state index >= 15 is 0 Å². The molecule has 0 heterocycles. The molecule has 120 valence electrons. The summed E-state index contributed by atoms with van der Waals surface area (Å²) in [7, 11) is 0. The van der Waals surface area contributed by atoms with Crippen molar-refractivity contribution >= 4 is 11.7 Å². The highest BCUT2D eigenvalue weighted by molar-refractivity contribution is 5.96. The van der Waals surface area contributed by atoms with Crippen LogP contribution in [0.4, 0.5) is 0 Å². The average molecular weight is 309 g/mol. The zero-order valence-electron chi connectivity index (χ0n) is 13.9. The molecule has 1 amide bonds. The van der Waals surface area contributed by atoms with Crippen molar-refractivity contribution in [2.24, 2.45) is 0 Å². The van der Waals surface area contributed by atoms with Gasteiger partial charge >= 0.3 is 0 Å². The topological polar surface area (TPSA) is 46.2 Å². The normalized spacial score (nSPS) is 12.0. The molecule has 0 fully saturated rings. The van der Waals surface area contributed by atoms with Crippen LogP contribution in [0, 0.1) is 0 Å². The van der Waals surface area contributed by atoms with Crippen molar-refractivity contribution < 1.29 is 9.59 Å². The SMILES string of the molecule is CC(=O)N[C@@H](CC(=O)c1ccccc1)c1cccc(C(C)C)c1. The summed E-state index contributed by atoms with van der Waals surface area (Å²) < 4.78 is 0. The second kappa shape index (κ2) is 7.73. The van der Waals surface area contributed by atoms with Crippen LogP contribution < -0.4 is 5.32 Å². The lowest BCUT2D eigenvalue weighted by Gasteiger charge is -2.19. The van der Waals surface area contributed by atoms with E-state index in [9.17, 15) is 9.59 Å². The third-order valence-electron chi connectivity index (χ3n) is 3.84. The minimum Gasteiger partial charge on any atom is -0.349 e. The van der Waals surface area contributed by atoms with E-state index in [2.05, 4.69) is 31.3 Å². The van der Waals surface area contributed by atoms with Crippen molar-refractivity contribution in [3.8, 4) is 0 Å². The molecule has 0 aliphatic carbocycles. The first-order valence-electron chi connectivity index (χ1n) is 7.92. The van der Waals surface area contributed by atoms with E-state index in [1.54, 1.807) is 12.1 Å². The summed E-state index contributed by atoms with van der Waals surface area (Å²) in [6.07, 6.45) is 0.255. The summed E-state index contributed by atoms with van der Waals surface area (Å²) in [6.45, 7) is 5.73. The summed E-state index contributed by atoms with van der Waals surface area (Å²) >= 11 is 0. The fourth-order valence-electron chi connectivity index (χ4n) is 2.56. The standard InChI is InChI=1S/C20H23NO2/c1-14(2)17-10-7-11-18(12-17)19(21-15(3)22)13-20(23)16-8-5-4-6-9-16/h4-12,14,19H,13H2,1-3H3,(H,21,22)/t19-/m0/s1. The van der Waals surface area contributed by atoms with Crippen LogP contribution >= 0.6 is 0 Å². The van der Waals surface area contributed by atoms with Gasteiger partial charge in [0.25, 0.3) is 0 Å². The molecule has 0 saturated carbocycles. The fraction of sp³-hybridized carbons (Fsp3) is 0.300. The zero-order chi connectivity index (χ0) is 16.8. The zero-order valence-corrected chi connectivity index (χ0v) is 13.9. The Labute approximate surface area is 137 Å². The van der Waals surface area contributed by atoms with Gasteiger partial charge in [-0.05, 0) is 17.0 Å². The Balaban J connectivity index is 2.25. The molecule has 0 unspecified atom stereocenters. The minimum absolute atomic E-state index is 0.0271. The van der Waals surface area contributed by atoms with E-state index in [1.807, 2.05) is 30.3 Å². The summed E-state index contributed by atoms with van der Waals surface area (Å²) in [5, 5.41) is 2.90. The van der Waals surface area contributed by atoms with E-state index < -0.39 is 0 Å². The van der Waals surface area contributed by atoms with Crippen molar-refractivity contribution in [1.29, 1.82) is 0 Å². The summed E-state index contributed by atoms with van der Waals surface area (Å²) in [5.41, 5.74) is 2.84. The number of hydrogen-bond donors (Lipinski definition) is 1. The van der Waals surface area contributed by atoms with Gasteiger partial charge in [-0.1, -0.05) is 68.4 Å². The van der Waals surface area contributed by atoms with Gasteiger partial charge in [-0.15, -0.1) is 0 Å². The molecule has 3 nitrogen and oxygen atoms in total. The number of hydrogen-bond acceptors (Lipinski definition) is 2. The maximum atomic E-state index is 12.5. The second-order valence-electron chi connectivity index (χ2n) is 6.07. The van der Waals surface area contributed by atoms with Gasteiger partial charge in [-0.25, -0.2) is 0 Å². The van der Waals surface area contributed by atoms with Crippen LogP contribution in [-0.2, 0) is 4.79 Å². The Kier molecular flexibility index (Phi) is 5.69. The predicted octanol–water partition coefficient (Wildman–Crippen LogP) is 4.26. The monoisotopic (exact) mass is 309 g/mol. The van der Waals surface area contributed by atoms with Gasteiger partial charge in [0.15, 0.2) is 5.78 Å². The maximum Gasteiger partial charge on any atom is 0.217 e. The fourth-order valence-corrected chi connectivity index (χ4v) is 2.56. The summed E-state index contributed by atoms with van der Waals surface area (Å²) in [6, 6.07) is 17.0. The average Bonchev–Trinajstić information content (AvgIpc) is 2.54. The van der Waals surface area contributed by atoms with Crippen LogP contribution in [0.1, 0.15) is 60.6 Å². The Bertz CT molecular complexity index is 677. The molecular formula is C20H23NO2. The molecule has 2 rings (SSSR count). The summed E-state index contributed by atoms with van der Waals surface area (Å²) in [4.78, 5) is 24.0. The second-order valence-corrected chi connectivity index (χ2v) is 6.07. The smallest absolute Gasteiger partial charge is 0.217 e. The van der Waals surface area contributed by atoms with Crippen molar-refractivity contribution in [3.63, 3.8) is 0 Å². The molecule has 0 radical (unpaired) electrons. The number of rotatable bonds is 6. The van der Waals surface area contributed by atoms with Gasteiger partial charge in [0.05, 0.1) is 6.04 Å². The number of Topliss-reactive ketones (excluding diaryl/α,β-unsaturated/α-hetero) is 1. The van der Waals surface area contributed by atoms with Crippen LogP contribution in [0.25, 0.3) is 0 Å². The molecule has 0 aliphatic heterocycles. The molecule has 0 aliphatic rings.